The number of likely N-dealkylation sites (tertiary alicyclic amines) is 1. The number of allylic oxidation sites excluding steroid dienone is 2. The Labute approximate surface area is 141 Å². The molecule has 1 aromatic rings. The van der Waals surface area contributed by atoms with E-state index in [1.54, 1.807) is 0 Å². The first-order valence-corrected chi connectivity index (χ1v) is 9.26. The van der Waals surface area contributed by atoms with Gasteiger partial charge in [0.1, 0.15) is 0 Å². The Balaban J connectivity index is 1.42. The van der Waals surface area contributed by atoms with Gasteiger partial charge in [-0.3, -0.25) is 9.59 Å². The molecule has 1 unspecified atom stereocenters. The monoisotopic (exact) mass is 333 g/mol. The van der Waals surface area contributed by atoms with Crippen molar-refractivity contribution in [2.45, 2.75) is 32.1 Å². The largest absolute Gasteiger partial charge is 0.465 e. The Hall–Kier alpha value is -1.62. The fourth-order valence-corrected chi connectivity index (χ4v) is 3.89. The number of amides is 1. The number of hydrogen-bond acceptors (Lipinski definition) is 4. The Morgan fingerprint density at radius 1 is 1.22 bits per heavy atom. The average Bonchev–Trinajstić information content (AvgIpc) is 3.15. The van der Waals surface area contributed by atoms with Gasteiger partial charge in [-0.05, 0) is 49.5 Å². The lowest BCUT2D eigenvalue weighted by molar-refractivity contribution is -0.151. The number of carbonyl (C=O) groups excluding carboxylic acids is 2. The third kappa shape index (κ3) is 4.22. The Morgan fingerprint density at radius 2 is 2.04 bits per heavy atom. The van der Waals surface area contributed by atoms with Crippen molar-refractivity contribution in [3.63, 3.8) is 0 Å². The van der Waals surface area contributed by atoms with Crippen molar-refractivity contribution in [2.24, 2.45) is 11.8 Å². The molecule has 2 aliphatic rings. The molecule has 0 saturated carbocycles. The molecule has 0 bridgehead atoms. The van der Waals surface area contributed by atoms with Crippen LogP contribution in [0.1, 0.15) is 41.8 Å². The van der Waals surface area contributed by atoms with Gasteiger partial charge in [-0.1, -0.05) is 18.2 Å². The van der Waals surface area contributed by atoms with E-state index in [1.165, 1.54) is 11.3 Å². The van der Waals surface area contributed by atoms with Crippen LogP contribution in [0.15, 0.2) is 29.7 Å². The molecule has 0 aromatic carbocycles. The van der Waals surface area contributed by atoms with E-state index < -0.39 is 0 Å². The van der Waals surface area contributed by atoms with Crippen molar-refractivity contribution in [3.8, 4) is 0 Å². The van der Waals surface area contributed by atoms with E-state index in [0.29, 0.717) is 38.5 Å². The summed E-state index contributed by atoms with van der Waals surface area (Å²) >= 11 is 1.47. The van der Waals surface area contributed by atoms with Crippen LogP contribution < -0.4 is 0 Å². The molecule has 23 heavy (non-hydrogen) atoms. The van der Waals surface area contributed by atoms with Crippen LogP contribution in [0.5, 0.6) is 0 Å². The number of esters is 1. The molecule has 1 saturated heterocycles. The Kier molecular flexibility index (Phi) is 5.49. The number of rotatable bonds is 4. The van der Waals surface area contributed by atoms with Crippen LogP contribution in [0.4, 0.5) is 0 Å². The van der Waals surface area contributed by atoms with Crippen LogP contribution in [0.3, 0.4) is 0 Å². The number of hydrogen-bond donors (Lipinski definition) is 0. The first-order chi connectivity index (χ1) is 11.2. The summed E-state index contributed by atoms with van der Waals surface area (Å²) in [6, 6.07) is 3.74. The van der Waals surface area contributed by atoms with Crippen molar-refractivity contribution >= 4 is 23.2 Å². The van der Waals surface area contributed by atoms with E-state index in [4.69, 9.17) is 4.74 Å². The van der Waals surface area contributed by atoms with Crippen LogP contribution >= 0.6 is 11.3 Å². The van der Waals surface area contributed by atoms with Gasteiger partial charge in [0.05, 0.1) is 17.4 Å². The number of piperidine rings is 1. The highest BCUT2D eigenvalue weighted by Gasteiger charge is 2.29. The van der Waals surface area contributed by atoms with Gasteiger partial charge in [-0.2, -0.15) is 0 Å². The molecule has 0 radical (unpaired) electrons. The van der Waals surface area contributed by atoms with Crippen LogP contribution in [-0.2, 0) is 9.53 Å². The summed E-state index contributed by atoms with van der Waals surface area (Å²) < 4.78 is 5.51. The Morgan fingerprint density at radius 3 is 2.70 bits per heavy atom. The third-order valence-corrected chi connectivity index (χ3v) is 5.54. The summed E-state index contributed by atoms with van der Waals surface area (Å²) in [5.41, 5.74) is 0. The zero-order valence-corrected chi connectivity index (χ0v) is 14.1. The summed E-state index contributed by atoms with van der Waals surface area (Å²) in [6.07, 6.45) is 9.00. The highest BCUT2D eigenvalue weighted by atomic mass is 32.1. The van der Waals surface area contributed by atoms with Gasteiger partial charge in [-0.15, -0.1) is 11.3 Å². The molecule has 5 heteroatoms. The molecular weight excluding hydrogens is 310 g/mol. The van der Waals surface area contributed by atoms with E-state index in [0.717, 1.165) is 24.1 Å². The van der Waals surface area contributed by atoms with Gasteiger partial charge < -0.3 is 9.64 Å². The van der Waals surface area contributed by atoms with Gasteiger partial charge >= 0.3 is 5.97 Å². The second-order valence-corrected chi connectivity index (χ2v) is 7.27. The van der Waals surface area contributed by atoms with Crippen molar-refractivity contribution in [2.75, 3.05) is 19.7 Å². The maximum absolute atomic E-state index is 12.3. The topological polar surface area (TPSA) is 46.6 Å². The SMILES string of the molecule is O=C(OCC1CC=CCC1)C1CCN(C(=O)c2cccs2)CC1. The smallest absolute Gasteiger partial charge is 0.309 e. The second-order valence-electron chi connectivity index (χ2n) is 6.32. The molecule has 0 N–H and O–H groups in total. The zero-order valence-electron chi connectivity index (χ0n) is 13.3. The quantitative estimate of drug-likeness (QED) is 0.626. The zero-order chi connectivity index (χ0) is 16.1. The van der Waals surface area contributed by atoms with Gasteiger partial charge in [0.15, 0.2) is 0 Å². The molecule has 1 aliphatic heterocycles. The van der Waals surface area contributed by atoms with Gasteiger partial charge in [0, 0.05) is 13.1 Å². The van der Waals surface area contributed by atoms with Crippen molar-refractivity contribution < 1.29 is 14.3 Å². The first kappa shape index (κ1) is 16.2. The van der Waals surface area contributed by atoms with E-state index in [-0.39, 0.29) is 17.8 Å². The van der Waals surface area contributed by atoms with Crippen molar-refractivity contribution in [1.82, 2.24) is 4.90 Å². The fourth-order valence-electron chi connectivity index (χ4n) is 3.20. The molecule has 3 rings (SSSR count). The molecule has 1 aliphatic carbocycles. The molecule has 1 aromatic heterocycles. The minimum absolute atomic E-state index is 0.0541. The molecule has 1 fully saturated rings. The lowest BCUT2D eigenvalue weighted by Gasteiger charge is -2.31. The van der Waals surface area contributed by atoms with E-state index in [2.05, 4.69) is 12.2 Å². The average molecular weight is 333 g/mol. The molecule has 4 nitrogen and oxygen atoms in total. The summed E-state index contributed by atoms with van der Waals surface area (Å²) in [5, 5.41) is 1.91. The minimum atomic E-state index is -0.0808. The molecule has 0 spiro atoms. The van der Waals surface area contributed by atoms with Crippen LogP contribution in [0.25, 0.3) is 0 Å². The molecule has 1 atom stereocenters. The van der Waals surface area contributed by atoms with E-state index in [9.17, 15) is 9.59 Å². The van der Waals surface area contributed by atoms with Crippen LogP contribution in [0.2, 0.25) is 0 Å². The number of carbonyl (C=O) groups is 2. The molecule has 2 heterocycles. The van der Waals surface area contributed by atoms with Crippen LogP contribution in [-0.4, -0.2) is 36.5 Å². The van der Waals surface area contributed by atoms with E-state index in [1.807, 2.05) is 22.4 Å². The van der Waals surface area contributed by atoms with Gasteiger partial charge in [-0.25, -0.2) is 0 Å². The maximum Gasteiger partial charge on any atom is 0.309 e. The van der Waals surface area contributed by atoms with Crippen molar-refractivity contribution in [3.05, 3.63) is 34.5 Å². The lowest BCUT2D eigenvalue weighted by Crippen LogP contribution is -2.40. The van der Waals surface area contributed by atoms with Gasteiger partial charge in [0.25, 0.3) is 5.91 Å². The molecular formula is C18H23NO3S. The number of thiophene rings is 1. The second kappa shape index (κ2) is 7.77. The third-order valence-electron chi connectivity index (χ3n) is 4.69. The minimum Gasteiger partial charge on any atom is -0.465 e. The van der Waals surface area contributed by atoms with Crippen LogP contribution in [0, 0.1) is 11.8 Å². The molecule has 124 valence electrons. The van der Waals surface area contributed by atoms with Gasteiger partial charge in [0.2, 0.25) is 0 Å². The fraction of sp³-hybridized carbons (Fsp3) is 0.556. The molecule has 1 amide bonds. The van der Waals surface area contributed by atoms with Crippen molar-refractivity contribution in [1.29, 1.82) is 0 Å². The predicted octanol–water partition coefficient (Wildman–Crippen LogP) is 3.50. The summed E-state index contributed by atoms with van der Waals surface area (Å²) in [6.45, 7) is 1.82. The Bertz CT molecular complexity index is 559. The summed E-state index contributed by atoms with van der Waals surface area (Å²) in [5.74, 6) is 0.426. The summed E-state index contributed by atoms with van der Waals surface area (Å²) in [4.78, 5) is 27.1. The van der Waals surface area contributed by atoms with E-state index >= 15 is 0 Å². The lowest BCUT2D eigenvalue weighted by atomic mass is 9.94. The standard InChI is InChI=1S/C18H23NO3S/c20-17(16-7-4-12-23-16)19-10-8-15(9-11-19)18(21)22-13-14-5-2-1-3-6-14/h1-2,4,7,12,14-15H,3,5-6,8-11,13H2. The predicted molar refractivity (Wildman–Crippen MR) is 90.4 cm³/mol. The highest BCUT2D eigenvalue weighted by molar-refractivity contribution is 7.12. The normalized spacial score (nSPS) is 22.1. The highest BCUT2D eigenvalue weighted by Crippen LogP contribution is 2.23. The maximum atomic E-state index is 12.3. The number of nitrogens with zero attached hydrogens (tertiary/aromatic N) is 1. The summed E-state index contributed by atoms with van der Waals surface area (Å²) in [7, 11) is 0. The number of ether oxygens (including phenoxy) is 1. The first-order valence-electron chi connectivity index (χ1n) is 8.38.